The Hall–Kier alpha value is -0.370. The minimum Gasteiger partial charge on any atom is -0.257 e. The van der Waals surface area contributed by atoms with E-state index in [0.717, 1.165) is 5.69 Å². The second-order valence-corrected chi connectivity index (χ2v) is 4.65. The first-order valence-electron chi connectivity index (χ1n) is 3.84. The fourth-order valence-corrected chi connectivity index (χ4v) is 1.58. The molecule has 0 radical (unpaired) electrons. The van der Waals surface area contributed by atoms with E-state index in [1.165, 1.54) is 18.5 Å². The first-order chi connectivity index (χ1) is 5.21. The molecule has 0 saturated heterocycles. The number of pyridine rings is 1. The lowest BCUT2D eigenvalue weighted by Crippen LogP contribution is -1.99. The van der Waals surface area contributed by atoms with Gasteiger partial charge in [0.05, 0.1) is 10.0 Å². The van der Waals surface area contributed by atoms with Gasteiger partial charge in [0.2, 0.25) is 0 Å². The van der Waals surface area contributed by atoms with Gasteiger partial charge in [-0.15, -0.1) is 0 Å². The van der Waals surface area contributed by atoms with Gasteiger partial charge in [-0.1, -0.05) is 22.0 Å². The third kappa shape index (κ3) is 1.32. The molecule has 0 aromatic carbocycles. The minimum absolute atomic E-state index is 0.235. The molecule has 0 unspecified atom stereocenters. The van der Waals surface area contributed by atoms with Gasteiger partial charge in [-0.05, 0) is 31.9 Å². The highest BCUT2D eigenvalue weighted by Gasteiger charge is 2.42. The van der Waals surface area contributed by atoms with Crippen LogP contribution in [0.25, 0.3) is 0 Å². The molecule has 58 valence electrons. The van der Waals surface area contributed by atoms with Gasteiger partial charge in [0.15, 0.2) is 0 Å². The second kappa shape index (κ2) is 2.31. The summed E-state index contributed by atoms with van der Waals surface area (Å²) in [7, 11) is 0. The van der Waals surface area contributed by atoms with E-state index in [0.29, 0.717) is 0 Å². The molecule has 0 bridgehead atoms. The number of alkyl halides is 1. The van der Waals surface area contributed by atoms with Gasteiger partial charge in [-0.3, -0.25) is 4.98 Å². The highest BCUT2D eigenvalue weighted by Crippen LogP contribution is 2.52. The molecule has 0 amide bonds. The highest BCUT2D eigenvalue weighted by atomic mass is 79.9. The van der Waals surface area contributed by atoms with E-state index in [-0.39, 0.29) is 4.32 Å². The standard InChI is InChI=1S/C9H10BrN/c1-7-3-2-4-8(11-7)9(10)5-6-9/h2-4H,5-6H2,1H3. The minimum atomic E-state index is 0.235. The fourth-order valence-electron chi connectivity index (χ4n) is 1.16. The van der Waals surface area contributed by atoms with E-state index in [4.69, 9.17) is 0 Å². The molecule has 1 aliphatic carbocycles. The van der Waals surface area contributed by atoms with Crippen molar-refractivity contribution in [3.05, 3.63) is 29.6 Å². The Morgan fingerprint density at radius 2 is 2.18 bits per heavy atom. The smallest absolute Gasteiger partial charge is 0.0679 e. The van der Waals surface area contributed by atoms with Crippen molar-refractivity contribution >= 4 is 15.9 Å². The molecule has 0 atom stereocenters. The maximum atomic E-state index is 4.46. The number of aromatic nitrogens is 1. The summed E-state index contributed by atoms with van der Waals surface area (Å²) in [5.41, 5.74) is 2.30. The molecule has 2 heteroatoms. The predicted molar refractivity (Wildman–Crippen MR) is 48.8 cm³/mol. The lowest BCUT2D eigenvalue weighted by atomic mass is 10.2. The van der Waals surface area contributed by atoms with Crippen LogP contribution in [-0.2, 0) is 4.32 Å². The zero-order chi connectivity index (χ0) is 7.90. The highest BCUT2D eigenvalue weighted by molar-refractivity contribution is 9.09. The van der Waals surface area contributed by atoms with Gasteiger partial charge < -0.3 is 0 Å². The molecule has 2 rings (SSSR count). The number of hydrogen-bond donors (Lipinski definition) is 0. The van der Waals surface area contributed by atoms with Crippen LogP contribution in [0.4, 0.5) is 0 Å². The van der Waals surface area contributed by atoms with Gasteiger partial charge in [-0.2, -0.15) is 0 Å². The van der Waals surface area contributed by atoms with Crippen molar-refractivity contribution in [1.29, 1.82) is 0 Å². The van der Waals surface area contributed by atoms with E-state index in [1.54, 1.807) is 0 Å². The molecule has 1 heterocycles. The summed E-state index contributed by atoms with van der Waals surface area (Å²) in [6.07, 6.45) is 2.45. The third-order valence-electron chi connectivity index (χ3n) is 2.04. The second-order valence-electron chi connectivity index (χ2n) is 3.13. The largest absolute Gasteiger partial charge is 0.257 e. The fraction of sp³-hybridized carbons (Fsp3) is 0.444. The Kier molecular flexibility index (Phi) is 1.53. The molecule has 0 aliphatic heterocycles. The van der Waals surface area contributed by atoms with Crippen LogP contribution in [0.5, 0.6) is 0 Å². The summed E-state index contributed by atoms with van der Waals surface area (Å²) in [6, 6.07) is 6.19. The van der Waals surface area contributed by atoms with E-state index < -0.39 is 0 Å². The molecule has 11 heavy (non-hydrogen) atoms. The molecular weight excluding hydrogens is 202 g/mol. The van der Waals surface area contributed by atoms with Gasteiger partial charge in [0, 0.05) is 5.69 Å². The zero-order valence-electron chi connectivity index (χ0n) is 6.47. The molecule has 1 aromatic heterocycles. The summed E-state index contributed by atoms with van der Waals surface area (Å²) in [6.45, 7) is 2.03. The van der Waals surface area contributed by atoms with Crippen molar-refractivity contribution in [2.45, 2.75) is 24.1 Å². The molecular formula is C9H10BrN. The number of hydrogen-bond acceptors (Lipinski definition) is 1. The van der Waals surface area contributed by atoms with Crippen LogP contribution >= 0.6 is 15.9 Å². The van der Waals surface area contributed by atoms with Crippen molar-refractivity contribution in [1.82, 2.24) is 4.98 Å². The van der Waals surface area contributed by atoms with Crippen LogP contribution in [0.2, 0.25) is 0 Å². The summed E-state index contributed by atoms with van der Waals surface area (Å²) < 4.78 is 0.235. The average molecular weight is 212 g/mol. The lowest BCUT2D eigenvalue weighted by molar-refractivity contribution is 0.951. The van der Waals surface area contributed by atoms with Crippen molar-refractivity contribution in [3.63, 3.8) is 0 Å². The van der Waals surface area contributed by atoms with Gasteiger partial charge in [-0.25, -0.2) is 0 Å². The predicted octanol–water partition coefficient (Wildman–Crippen LogP) is 2.77. The van der Waals surface area contributed by atoms with E-state index >= 15 is 0 Å². The van der Waals surface area contributed by atoms with Crippen LogP contribution < -0.4 is 0 Å². The molecule has 0 N–H and O–H groups in total. The van der Waals surface area contributed by atoms with Crippen molar-refractivity contribution in [2.24, 2.45) is 0 Å². The Labute approximate surface area is 75.0 Å². The van der Waals surface area contributed by atoms with Gasteiger partial charge in [0.1, 0.15) is 0 Å². The van der Waals surface area contributed by atoms with E-state index in [9.17, 15) is 0 Å². The first kappa shape index (κ1) is 7.29. The lowest BCUT2D eigenvalue weighted by Gasteiger charge is -2.05. The summed E-state index contributed by atoms with van der Waals surface area (Å²) in [4.78, 5) is 4.46. The summed E-state index contributed by atoms with van der Waals surface area (Å²) >= 11 is 3.67. The maximum absolute atomic E-state index is 4.46. The topological polar surface area (TPSA) is 12.9 Å². The monoisotopic (exact) mass is 211 g/mol. The molecule has 0 spiro atoms. The Morgan fingerprint density at radius 1 is 1.45 bits per heavy atom. The quantitative estimate of drug-likeness (QED) is 0.652. The Bertz CT molecular complexity index is 279. The van der Waals surface area contributed by atoms with Crippen LogP contribution in [0, 0.1) is 6.92 Å². The normalized spacial score (nSPS) is 19.8. The molecule has 1 aromatic rings. The Morgan fingerprint density at radius 3 is 2.73 bits per heavy atom. The number of aryl methyl sites for hydroxylation is 1. The van der Waals surface area contributed by atoms with E-state index in [1.807, 2.05) is 13.0 Å². The molecule has 1 fully saturated rings. The van der Waals surface area contributed by atoms with E-state index in [2.05, 4.69) is 33.0 Å². The van der Waals surface area contributed by atoms with Gasteiger partial charge >= 0.3 is 0 Å². The van der Waals surface area contributed by atoms with Gasteiger partial charge in [0.25, 0.3) is 0 Å². The molecule has 1 nitrogen and oxygen atoms in total. The number of nitrogens with zero attached hydrogens (tertiary/aromatic N) is 1. The van der Waals surface area contributed by atoms with Crippen molar-refractivity contribution < 1.29 is 0 Å². The van der Waals surface area contributed by atoms with Crippen molar-refractivity contribution in [3.8, 4) is 0 Å². The summed E-state index contributed by atoms with van der Waals surface area (Å²) in [5, 5.41) is 0. The van der Waals surface area contributed by atoms with Crippen molar-refractivity contribution in [2.75, 3.05) is 0 Å². The van der Waals surface area contributed by atoms with Crippen LogP contribution in [0.3, 0.4) is 0 Å². The third-order valence-corrected chi connectivity index (χ3v) is 3.24. The zero-order valence-corrected chi connectivity index (χ0v) is 8.06. The van der Waals surface area contributed by atoms with Crippen LogP contribution in [0.15, 0.2) is 18.2 Å². The molecule has 1 aliphatic rings. The summed E-state index contributed by atoms with van der Waals surface area (Å²) in [5.74, 6) is 0. The van der Waals surface area contributed by atoms with Crippen LogP contribution in [0.1, 0.15) is 24.2 Å². The number of halogens is 1. The SMILES string of the molecule is Cc1cccc(C2(Br)CC2)n1. The molecule has 1 saturated carbocycles. The Balaban J connectivity index is 2.38. The number of rotatable bonds is 1. The first-order valence-corrected chi connectivity index (χ1v) is 4.63. The average Bonchev–Trinajstić information content (AvgIpc) is 2.70. The maximum Gasteiger partial charge on any atom is 0.0679 e. The van der Waals surface area contributed by atoms with Crippen LogP contribution in [-0.4, -0.2) is 4.98 Å².